The monoisotopic (exact) mass is 301 g/mol. The van der Waals surface area contributed by atoms with Crippen molar-refractivity contribution < 1.29 is 0 Å². The molecule has 0 saturated heterocycles. The second-order valence-corrected chi connectivity index (χ2v) is 5.40. The lowest BCUT2D eigenvalue weighted by atomic mass is 10.2. The molecule has 1 rings (SSSR count). The maximum absolute atomic E-state index is 4.52. The van der Waals surface area contributed by atoms with Gasteiger partial charge in [0.1, 0.15) is 0 Å². The molecule has 1 heterocycles. The number of halogens is 1. The van der Waals surface area contributed by atoms with E-state index in [-0.39, 0.29) is 0 Å². The van der Waals surface area contributed by atoms with Gasteiger partial charge in [-0.25, -0.2) is 0 Å². The molecular weight excluding hydrogens is 278 g/mol. The van der Waals surface area contributed by atoms with Gasteiger partial charge in [-0.2, -0.15) is 5.10 Å². The van der Waals surface area contributed by atoms with Crippen LogP contribution in [0.15, 0.2) is 4.47 Å². The van der Waals surface area contributed by atoms with Crippen molar-refractivity contribution in [3.8, 4) is 0 Å². The normalized spacial score (nSPS) is 11.4. The molecule has 98 valence electrons. The third-order valence-corrected chi connectivity index (χ3v) is 4.05. The topological polar surface area (TPSA) is 21.1 Å². The quantitative estimate of drug-likeness (QED) is 0.718. The second kappa shape index (κ2) is 7.17. The zero-order chi connectivity index (χ0) is 12.8. The smallest absolute Gasteiger partial charge is 0.0739 e. The van der Waals surface area contributed by atoms with Gasteiger partial charge in [0, 0.05) is 13.1 Å². The largest absolute Gasteiger partial charge is 0.301 e. The molecule has 0 aliphatic heterocycles. The molecule has 0 unspecified atom stereocenters. The Morgan fingerprint density at radius 2 is 2.00 bits per heavy atom. The molecule has 0 aliphatic carbocycles. The van der Waals surface area contributed by atoms with Crippen molar-refractivity contribution in [2.45, 2.75) is 53.1 Å². The third-order valence-electron chi connectivity index (χ3n) is 3.02. The van der Waals surface area contributed by atoms with Gasteiger partial charge in [-0.05, 0) is 49.8 Å². The first-order chi connectivity index (χ1) is 8.10. The fourth-order valence-corrected chi connectivity index (χ4v) is 2.40. The van der Waals surface area contributed by atoms with E-state index < -0.39 is 0 Å². The highest BCUT2D eigenvalue weighted by molar-refractivity contribution is 9.10. The van der Waals surface area contributed by atoms with E-state index in [1.54, 1.807) is 0 Å². The molecule has 4 heteroatoms. The number of rotatable bonds is 7. The predicted molar refractivity (Wildman–Crippen MR) is 76.2 cm³/mol. The average Bonchev–Trinajstić information content (AvgIpc) is 2.57. The predicted octanol–water partition coefficient (Wildman–Crippen LogP) is 3.60. The van der Waals surface area contributed by atoms with E-state index in [1.807, 2.05) is 0 Å². The van der Waals surface area contributed by atoms with Crippen LogP contribution in [0.1, 0.15) is 44.5 Å². The fraction of sp³-hybridized carbons (Fsp3) is 0.769. The molecule has 17 heavy (non-hydrogen) atoms. The molecule has 0 aliphatic rings. The summed E-state index contributed by atoms with van der Waals surface area (Å²) in [6, 6.07) is 0. The SMILES string of the molecule is CCCCCN(C)Cc1c(Br)c(C)nn1CC. The molecular formula is C13H24BrN3. The molecule has 0 N–H and O–H groups in total. The maximum Gasteiger partial charge on any atom is 0.0739 e. The van der Waals surface area contributed by atoms with Crippen molar-refractivity contribution in [1.29, 1.82) is 0 Å². The summed E-state index contributed by atoms with van der Waals surface area (Å²) in [7, 11) is 2.18. The summed E-state index contributed by atoms with van der Waals surface area (Å²) >= 11 is 3.64. The Morgan fingerprint density at radius 1 is 1.29 bits per heavy atom. The number of unbranched alkanes of at least 4 members (excludes halogenated alkanes) is 2. The van der Waals surface area contributed by atoms with E-state index in [0.717, 1.165) is 25.3 Å². The van der Waals surface area contributed by atoms with Crippen LogP contribution in [0.2, 0.25) is 0 Å². The fourth-order valence-electron chi connectivity index (χ4n) is 1.99. The summed E-state index contributed by atoms with van der Waals surface area (Å²) in [5.41, 5.74) is 2.38. The zero-order valence-electron chi connectivity index (χ0n) is 11.5. The van der Waals surface area contributed by atoms with Gasteiger partial charge >= 0.3 is 0 Å². The van der Waals surface area contributed by atoms with Gasteiger partial charge in [-0.1, -0.05) is 19.8 Å². The van der Waals surface area contributed by atoms with Crippen molar-refractivity contribution in [2.75, 3.05) is 13.6 Å². The molecule has 0 amide bonds. The van der Waals surface area contributed by atoms with Crippen LogP contribution in [-0.4, -0.2) is 28.3 Å². The Kier molecular flexibility index (Phi) is 6.20. The number of hydrogen-bond acceptors (Lipinski definition) is 2. The number of aromatic nitrogens is 2. The van der Waals surface area contributed by atoms with Crippen LogP contribution in [0.25, 0.3) is 0 Å². The molecule has 0 aromatic carbocycles. The van der Waals surface area contributed by atoms with Crippen molar-refractivity contribution in [3.63, 3.8) is 0 Å². The van der Waals surface area contributed by atoms with Gasteiger partial charge in [0.2, 0.25) is 0 Å². The highest BCUT2D eigenvalue weighted by atomic mass is 79.9. The second-order valence-electron chi connectivity index (χ2n) is 4.61. The summed E-state index contributed by atoms with van der Waals surface area (Å²) < 4.78 is 3.26. The molecule has 1 aromatic rings. The lowest BCUT2D eigenvalue weighted by Crippen LogP contribution is -2.21. The van der Waals surface area contributed by atoms with Crippen LogP contribution in [0.5, 0.6) is 0 Å². The molecule has 0 saturated carbocycles. The van der Waals surface area contributed by atoms with E-state index in [4.69, 9.17) is 0 Å². The number of nitrogens with zero attached hydrogens (tertiary/aromatic N) is 3. The Morgan fingerprint density at radius 3 is 2.59 bits per heavy atom. The minimum absolute atomic E-state index is 0.935. The number of hydrogen-bond donors (Lipinski definition) is 0. The lowest BCUT2D eigenvalue weighted by molar-refractivity contribution is 0.306. The Balaban J connectivity index is 2.60. The highest BCUT2D eigenvalue weighted by Gasteiger charge is 2.13. The van der Waals surface area contributed by atoms with Gasteiger partial charge in [0.25, 0.3) is 0 Å². The van der Waals surface area contributed by atoms with Crippen LogP contribution in [0.3, 0.4) is 0 Å². The van der Waals surface area contributed by atoms with Gasteiger partial charge < -0.3 is 4.90 Å². The van der Waals surface area contributed by atoms with E-state index in [2.05, 4.69) is 58.4 Å². The Hall–Kier alpha value is -0.350. The molecule has 1 aromatic heterocycles. The van der Waals surface area contributed by atoms with E-state index in [0.29, 0.717) is 0 Å². The molecule has 0 radical (unpaired) electrons. The highest BCUT2D eigenvalue weighted by Crippen LogP contribution is 2.22. The van der Waals surface area contributed by atoms with Crippen LogP contribution >= 0.6 is 15.9 Å². The van der Waals surface area contributed by atoms with Gasteiger partial charge in [-0.15, -0.1) is 0 Å². The average molecular weight is 302 g/mol. The molecule has 0 spiro atoms. The Bertz CT molecular complexity index is 347. The minimum Gasteiger partial charge on any atom is -0.301 e. The van der Waals surface area contributed by atoms with Crippen molar-refractivity contribution in [2.24, 2.45) is 0 Å². The zero-order valence-corrected chi connectivity index (χ0v) is 13.0. The first-order valence-corrected chi connectivity index (χ1v) is 7.29. The first kappa shape index (κ1) is 14.7. The van der Waals surface area contributed by atoms with Crippen LogP contribution in [-0.2, 0) is 13.1 Å². The summed E-state index contributed by atoms with van der Waals surface area (Å²) in [5, 5.41) is 4.52. The van der Waals surface area contributed by atoms with Gasteiger partial charge in [0.15, 0.2) is 0 Å². The number of aryl methyl sites for hydroxylation is 2. The van der Waals surface area contributed by atoms with E-state index in [1.165, 1.54) is 29.4 Å². The Labute approximate surface area is 113 Å². The van der Waals surface area contributed by atoms with E-state index >= 15 is 0 Å². The lowest BCUT2D eigenvalue weighted by Gasteiger charge is -2.17. The molecule has 0 atom stereocenters. The van der Waals surface area contributed by atoms with E-state index in [9.17, 15) is 0 Å². The summed E-state index contributed by atoms with van der Waals surface area (Å²) in [6.45, 7) is 9.50. The first-order valence-electron chi connectivity index (χ1n) is 6.50. The molecule has 3 nitrogen and oxygen atoms in total. The molecule has 0 fully saturated rings. The molecule has 0 bridgehead atoms. The van der Waals surface area contributed by atoms with Gasteiger partial charge in [0.05, 0.1) is 15.9 Å². The maximum atomic E-state index is 4.52. The van der Waals surface area contributed by atoms with Gasteiger partial charge in [-0.3, -0.25) is 4.68 Å². The summed E-state index contributed by atoms with van der Waals surface area (Å²) in [5.74, 6) is 0. The van der Waals surface area contributed by atoms with Crippen molar-refractivity contribution >= 4 is 15.9 Å². The van der Waals surface area contributed by atoms with Crippen LogP contribution in [0, 0.1) is 6.92 Å². The summed E-state index contributed by atoms with van der Waals surface area (Å²) in [4.78, 5) is 2.38. The third kappa shape index (κ3) is 4.11. The van der Waals surface area contributed by atoms with Crippen molar-refractivity contribution in [3.05, 3.63) is 15.9 Å². The van der Waals surface area contributed by atoms with Crippen LogP contribution < -0.4 is 0 Å². The standard InChI is InChI=1S/C13H24BrN3/c1-5-7-8-9-16(4)10-12-13(14)11(3)15-17(12)6-2/h5-10H2,1-4H3. The minimum atomic E-state index is 0.935. The summed E-state index contributed by atoms with van der Waals surface area (Å²) in [6.07, 6.45) is 3.88. The van der Waals surface area contributed by atoms with Crippen LogP contribution in [0.4, 0.5) is 0 Å². The van der Waals surface area contributed by atoms with Crippen molar-refractivity contribution in [1.82, 2.24) is 14.7 Å².